The Kier molecular flexibility index (Phi) is 3.51. The first-order valence-corrected chi connectivity index (χ1v) is 7.51. The normalized spacial score (nSPS) is 12.8. The Hall–Kier alpha value is -1.78. The number of rotatable bonds is 3. The van der Waals surface area contributed by atoms with Crippen LogP contribution in [0.1, 0.15) is 23.5 Å². The van der Waals surface area contributed by atoms with Gasteiger partial charge in [-0.05, 0) is 33.0 Å². The Bertz CT molecular complexity index is 743. The van der Waals surface area contributed by atoms with Crippen LogP contribution < -0.4 is 5.32 Å². The standard InChI is InChI=1S/C16H17N3S/c1-10(17-3)15-11(2)19-16(20-15)13-8-4-6-12-7-5-9-18-14(12)13/h4-10,17H,1-3H3. The molecule has 0 spiro atoms. The second-order valence-electron chi connectivity index (χ2n) is 4.86. The lowest BCUT2D eigenvalue weighted by atomic mass is 10.1. The van der Waals surface area contributed by atoms with Gasteiger partial charge < -0.3 is 5.32 Å². The van der Waals surface area contributed by atoms with Gasteiger partial charge in [-0.25, -0.2) is 4.98 Å². The maximum atomic E-state index is 4.74. The minimum absolute atomic E-state index is 0.323. The molecule has 0 radical (unpaired) electrons. The van der Waals surface area contributed by atoms with Crippen molar-refractivity contribution in [2.45, 2.75) is 19.9 Å². The van der Waals surface area contributed by atoms with E-state index in [4.69, 9.17) is 4.98 Å². The quantitative estimate of drug-likeness (QED) is 0.791. The predicted octanol–water partition coefficient (Wildman–Crippen LogP) is 3.95. The van der Waals surface area contributed by atoms with E-state index in [-0.39, 0.29) is 0 Å². The van der Waals surface area contributed by atoms with E-state index in [2.05, 4.69) is 48.4 Å². The molecule has 0 aliphatic rings. The number of benzene rings is 1. The van der Waals surface area contributed by atoms with Crippen molar-refractivity contribution in [3.63, 3.8) is 0 Å². The van der Waals surface area contributed by atoms with E-state index < -0.39 is 0 Å². The lowest BCUT2D eigenvalue weighted by Crippen LogP contribution is -2.11. The Morgan fingerprint density at radius 1 is 1.20 bits per heavy atom. The summed E-state index contributed by atoms with van der Waals surface area (Å²) in [4.78, 5) is 10.5. The molecule has 0 saturated heterocycles. The Balaban J connectivity index is 2.17. The van der Waals surface area contributed by atoms with Gasteiger partial charge in [-0.2, -0.15) is 0 Å². The molecule has 2 heterocycles. The van der Waals surface area contributed by atoms with Crippen molar-refractivity contribution < 1.29 is 0 Å². The molecule has 0 amide bonds. The van der Waals surface area contributed by atoms with Crippen molar-refractivity contribution in [1.82, 2.24) is 15.3 Å². The molecule has 3 aromatic rings. The molecule has 3 rings (SSSR count). The lowest BCUT2D eigenvalue weighted by molar-refractivity contribution is 0.658. The van der Waals surface area contributed by atoms with E-state index in [1.165, 1.54) is 4.88 Å². The summed E-state index contributed by atoms with van der Waals surface area (Å²) in [5.74, 6) is 0. The van der Waals surface area contributed by atoms with Crippen LogP contribution in [-0.2, 0) is 0 Å². The number of nitrogens with one attached hydrogen (secondary N) is 1. The molecule has 3 nitrogen and oxygen atoms in total. The minimum Gasteiger partial charge on any atom is -0.312 e. The second kappa shape index (κ2) is 5.31. The molecule has 1 N–H and O–H groups in total. The van der Waals surface area contributed by atoms with Crippen molar-refractivity contribution in [3.8, 4) is 10.6 Å². The number of hydrogen-bond donors (Lipinski definition) is 1. The molecule has 0 aliphatic carbocycles. The molecule has 102 valence electrons. The van der Waals surface area contributed by atoms with Crippen molar-refractivity contribution in [2.75, 3.05) is 7.05 Å². The average Bonchev–Trinajstić information content (AvgIpc) is 2.87. The summed E-state index contributed by atoms with van der Waals surface area (Å²) in [6, 6.07) is 10.6. The maximum absolute atomic E-state index is 4.74. The van der Waals surface area contributed by atoms with Gasteiger partial charge in [0.25, 0.3) is 0 Å². The number of nitrogens with zero attached hydrogens (tertiary/aromatic N) is 2. The fraction of sp³-hybridized carbons (Fsp3) is 0.250. The average molecular weight is 283 g/mol. The van der Waals surface area contributed by atoms with Gasteiger partial charge in [-0.1, -0.05) is 18.2 Å². The Morgan fingerprint density at radius 2 is 2.00 bits per heavy atom. The van der Waals surface area contributed by atoms with Crippen LogP contribution in [0.2, 0.25) is 0 Å². The highest BCUT2D eigenvalue weighted by atomic mass is 32.1. The molecule has 0 bridgehead atoms. The summed E-state index contributed by atoms with van der Waals surface area (Å²) >= 11 is 1.75. The van der Waals surface area contributed by atoms with E-state index in [0.717, 1.165) is 27.2 Å². The summed E-state index contributed by atoms with van der Waals surface area (Å²) in [6.45, 7) is 4.23. The van der Waals surface area contributed by atoms with Crippen molar-refractivity contribution >= 4 is 22.2 Å². The number of aromatic nitrogens is 2. The molecule has 1 aromatic carbocycles. The van der Waals surface area contributed by atoms with Gasteiger partial charge in [0.1, 0.15) is 5.01 Å². The molecular formula is C16H17N3S. The third-order valence-electron chi connectivity index (χ3n) is 3.52. The van der Waals surface area contributed by atoms with E-state index in [1.807, 2.05) is 19.3 Å². The fourth-order valence-electron chi connectivity index (χ4n) is 2.33. The number of thiazole rings is 1. The van der Waals surface area contributed by atoms with Crippen LogP contribution in [-0.4, -0.2) is 17.0 Å². The SMILES string of the molecule is CNC(C)c1sc(-c2cccc3cccnc23)nc1C. The third kappa shape index (κ3) is 2.21. The largest absolute Gasteiger partial charge is 0.312 e. The number of para-hydroxylation sites is 1. The number of fused-ring (bicyclic) bond motifs is 1. The predicted molar refractivity (Wildman–Crippen MR) is 85.1 cm³/mol. The zero-order valence-electron chi connectivity index (χ0n) is 11.8. The Labute approximate surface area is 122 Å². The zero-order valence-corrected chi connectivity index (χ0v) is 12.7. The second-order valence-corrected chi connectivity index (χ2v) is 5.89. The molecule has 0 aliphatic heterocycles. The highest BCUT2D eigenvalue weighted by Gasteiger charge is 2.15. The molecular weight excluding hydrogens is 266 g/mol. The maximum Gasteiger partial charge on any atom is 0.126 e. The van der Waals surface area contributed by atoms with Gasteiger partial charge in [-0.15, -0.1) is 11.3 Å². The zero-order chi connectivity index (χ0) is 14.1. The van der Waals surface area contributed by atoms with E-state index in [0.29, 0.717) is 6.04 Å². The Morgan fingerprint density at radius 3 is 2.80 bits per heavy atom. The highest BCUT2D eigenvalue weighted by Crippen LogP contribution is 2.34. The van der Waals surface area contributed by atoms with E-state index >= 15 is 0 Å². The van der Waals surface area contributed by atoms with Crippen molar-refractivity contribution in [2.24, 2.45) is 0 Å². The molecule has 4 heteroatoms. The van der Waals surface area contributed by atoms with Gasteiger partial charge >= 0.3 is 0 Å². The van der Waals surface area contributed by atoms with Crippen LogP contribution in [0, 0.1) is 6.92 Å². The van der Waals surface area contributed by atoms with Crippen LogP contribution in [0.25, 0.3) is 21.5 Å². The van der Waals surface area contributed by atoms with Crippen molar-refractivity contribution in [1.29, 1.82) is 0 Å². The van der Waals surface area contributed by atoms with Crippen LogP contribution in [0.15, 0.2) is 36.5 Å². The summed E-state index contributed by atoms with van der Waals surface area (Å²) in [5, 5.41) is 5.48. The molecule has 1 unspecified atom stereocenters. The topological polar surface area (TPSA) is 37.8 Å². The van der Waals surface area contributed by atoms with Gasteiger partial charge in [-0.3, -0.25) is 4.98 Å². The van der Waals surface area contributed by atoms with Crippen molar-refractivity contribution in [3.05, 3.63) is 47.1 Å². The van der Waals surface area contributed by atoms with Gasteiger partial charge in [0.15, 0.2) is 0 Å². The van der Waals surface area contributed by atoms with E-state index in [9.17, 15) is 0 Å². The van der Waals surface area contributed by atoms with Gasteiger partial charge in [0, 0.05) is 28.1 Å². The first-order chi connectivity index (χ1) is 9.70. The monoisotopic (exact) mass is 283 g/mol. The first-order valence-electron chi connectivity index (χ1n) is 6.69. The molecule has 0 saturated carbocycles. The molecule has 2 aromatic heterocycles. The molecule has 20 heavy (non-hydrogen) atoms. The summed E-state index contributed by atoms with van der Waals surface area (Å²) in [6.07, 6.45) is 1.84. The fourth-order valence-corrected chi connectivity index (χ4v) is 3.49. The minimum atomic E-state index is 0.323. The summed E-state index contributed by atoms with van der Waals surface area (Å²) in [7, 11) is 1.98. The molecule has 1 atom stereocenters. The van der Waals surface area contributed by atoms with Crippen LogP contribution >= 0.6 is 11.3 Å². The van der Waals surface area contributed by atoms with Crippen LogP contribution in [0.3, 0.4) is 0 Å². The third-order valence-corrected chi connectivity index (χ3v) is 4.90. The van der Waals surface area contributed by atoms with Crippen LogP contribution in [0.4, 0.5) is 0 Å². The van der Waals surface area contributed by atoms with Gasteiger partial charge in [0.05, 0.1) is 11.2 Å². The summed E-state index contributed by atoms with van der Waals surface area (Å²) in [5.41, 5.74) is 3.23. The highest BCUT2D eigenvalue weighted by molar-refractivity contribution is 7.15. The number of pyridine rings is 1. The van der Waals surface area contributed by atoms with E-state index in [1.54, 1.807) is 11.3 Å². The number of aryl methyl sites for hydroxylation is 1. The summed E-state index contributed by atoms with van der Waals surface area (Å²) < 4.78 is 0. The number of hydrogen-bond acceptors (Lipinski definition) is 4. The molecule has 0 fully saturated rings. The lowest BCUT2D eigenvalue weighted by Gasteiger charge is -2.07. The smallest absolute Gasteiger partial charge is 0.126 e. The first kappa shape index (κ1) is 13.2. The van der Waals surface area contributed by atoms with Gasteiger partial charge in [0.2, 0.25) is 0 Å². The van der Waals surface area contributed by atoms with Crippen LogP contribution in [0.5, 0.6) is 0 Å².